The molecule has 1 saturated heterocycles. The fourth-order valence-corrected chi connectivity index (χ4v) is 4.01. The zero-order chi connectivity index (χ0) is 23.2. The molecule has 0 unspecified atom stereocenters. The van der Waals surface area contributed by atoms with E-state index in [4.69, 9.17) is 0 Å². The minimum Gasteiger partial charge on any atom is -0.501 e. The molecule has 2 heterocycles. The van der Waals surface area contributed by atoms with Crippen molar-refractivity contribution in [2.24, 2.45) is 0 Å². The number of benzene rings is 2. The highest BCUT2D eigenvalue weighted by Crippen LogP contribution is 2.15. The Balaban J connectivity index is 1.60. The maximum absolute atomic E-state index is 13.1. The van der Waals surface area contributed by atoms with Gasteiger partial charge in [0, 0.05) is 26.1 Å². The Labute approximate surface area is 191 Å². The van der Waals surface area contributed by atoms with Crippen LogP contribution in [0.1, 0.15) is 40.3 Å². The summed E-state index contributed by atoms with van der Waals surface area (Å²) in [6.07, 6.45) is 2.64. The molecule has 4 rings (SSSR count). The molecule has 33 heavy (non-hydrogen) atoms. The molecule has 8 heteroatoms. The number of aromatic nitrogens is 2. The van der Waals surface area contributed by atoms with Gasteiger partial charge in [-0.1, -0.05) is 42.5 Å². The van der Waals surface area contributed by atoms with E-state index >= 15 is 0 Å². The van der Waals surface area contributed by atoms with Gasteiger partial charge in [-0.15, -0.1) is 0 Å². The lowest BCUT2D eigenvalue weighted by Gasteiger charge is -2.19. The number of carbonyl (C=O) groups is 1. The van der Waals surface area contributed by atoms with E-state index < -0.39 is 17.2 Å². The van der Waals surface area contributed by atoms with Crippen molar-refractivity contribution < 1.29 is 14.3 Å². The lowest BCUT2D eigenvalue weighted by Crippen LogP contribution is -2.34. The second-order valence-corrected chi connectivity index (χ2v) is 8.20. The second-order valence-electron chi connectivity index (χ2n) is 8.20. The van der Waals surface area contributed by atoms with Crippen LogP contribution in [0, 0.1) is 5.82 Å². The predicted octanol–water partition coefficient (Wildman–Crippen LogP) is 2.70. The zero-order valence-electron chi connectivity index (χ0n) is 18.3. The quantitative estimate of drug-likeness (QED) is 0.551. The van der Waals surface area contributed by atoms with Crippen molar-refractivity contribution in [3.63, 3.8) is 0 Å². The number of amides is 1. The largest absolute Gasteiger partial charge is 0.501 e. The fraction of sp³-hybridized carbons (Fsp3) is 0.320. The highest BCUT2D eigenvalue weighted by molar-refractivity contribution is 5.94. The van der Waals surface area contributed by atoms with Crippen LogP contribution >= 0.6 is 0 Å². The van der Waals surface area contributed by atoms with Crippen molar-refractivity contribution in [1.82, 2.24) is 19.8 Å². The molecule has 1 aliphatic rings. The van der Waals surface area contributed by atoms with Gasteiger partial charge in [0.1, 0.15) is 11.6 Å². The molecular weight excluding hydrogens is 423 g/mol. The molecule has 0 atom stereocenters. The summed E-state index contributed by atoms with van der Waals surface area (Å²) in [5.41, 5.74) is 0.711. The van der Waals surface area contributed by atoms with Gasteiger partial charge in [-0.2, -0.15) is 0 Å². The van der Waals surface area contributed by atoms with Crippen LogP contribution in [0.2, 0.25) is 0 Å². The van der Waals surface area contributed by atoms with E-state index in [1.54, 1.807) is 12.1 Å². The topological polar surface area (TPSA) is 87.5 Å². The first-order chi connectivity index (χ1) is 16.0. The van der Waals surface area contributed by atoms with E-state index in [2.05, 4.69) is 15.2 Å². The SMILES string of the molecule is O=C(NCc1ccc(F)cc1)c1nc(Cc2ccccc2)n(CCN2CCCC2)c(=O)c1O. The molecule has 2 aromatic carbocycles. The van der Waals surface area contributed by atoms with Gasteiger partial charge in [-0.25, -0.2) is 9.37 Å². The summed E-state index contributed by atoms with van der Waals surface area (Å²) in [6, 6.07) is 15.3. The molecule has 0 bridgehead atoms. The van der Waals surface area contributed by atoms with E-state index in [1.807, 2.05) is 30.3 Å². The average Bonchev–Trinajstić information content (AvgIpc) is 3.35. The van der Waals surface area contributed by atoms with Crippen LogP contribution in [0.5, 0.6) is 5.75 Å². The molecule has 0 spiro atoms. The summed E-state index contributed by atoms with van der Waals surface area (Å²) < 4.78 is 14.6. The second kappa shape index (κ2) is 10.4. The predicted molar refractivity (Wildman–Crippen MR) is 123 cm³/mol. The van der Waals surface area contributed by atoms with Crippen LogP contribution in [0.15, 0.2) is 59.4 Å². The minimum atomic E-state index is -0.662. The zero-order valence-corrected chi connectivity index (χ0v) is 18.3. The Morgan fingerprint density at radius 3 is 2.39 bits per heavy atom. The molecule has 0 aliphatic carbocycles. The van der Waals surface area contributed by atoms with Crippen LogP contribution in [0.3, 0.4) is 0 Å². The lowest BCUT2D eigenvalue weighted by molar-refractivity contribution is 0.0941. The number of hydrogen-bond acceptors (Lipinski definition) is 5. The van der Waals surface area contributed by atoms with Gasteiger partial charge in [0.2, 0.25) is 5.75 Å². The summed E-state index contributed by atoms with van der Waals surface area (Å²) in [5, 5.41) is 13.2. The molecule has 1 aliphatic heterocycles. The number of aromatic hydroxyl groups is 1. The molecule has 3 aromatic rings. The van der Waals surface area contributed by atoms with Gasteiger partial charge in [0.25, 0.3) is 11.5 Å². The van der Waals surface area contributed by atoms with Crippen LogP contribution in [-0.2, 0) is 19.5 Å². The van der Waals surface area contributed by atoms with Crippen molar-refractivity contribution in [1.29, 1.82) is 0 Å². The van der Waals surface area contributed by atoms with Gasteiger partial charge in [0.15, 0.2) is 5.69 Å². The number of carbonyl (C=O) groups excluding carboxylic acids is 1. The highest BCUT2D eigenvalue weighted by Gasteiger charge is 2.22. The number of rotatable bonds is 8. The smallest absolute Gasteiger partial charge is 0.296 e. The molecule has 172 valence electrons. The molecule has 0 radical (unpaired) electrons. The first kappa shape index (κ1) is 22.7. The molecule has 2 N–H and O–H groups in total. The van der Waals surface area contributed by atoms with E-state index in [0.29, 0.717) is 30.9 Å². The normalized spacial score (nSPS) is 13.8. The van der Waals surface area contributed by atoms with Crippen molar-refractivity contribution in [2.75, 3.05) is 19.6 Å². The Bertz CT molecular complexity index is 1160. The monoisotopic (exact) mass is 450 g/mol. The maximum Gasteiger partial charge on any atom is 0.296 e. The first-order valence-corrected chi connectivity index (χ1v) is 11.1. The Kier molecular flexibility index (Phi) is 7.14. The van der Waals surface area contributed by atoms with E-state index in [0.717, 1.165) is 31.5 Å². The average molecular weight is 451 g/mol. The number of nitrogens with zero attached hydrogens (tertiary/aromatic N) is 3. The van der Waals surface area contributed by atoms with Crippen molar-refractivity contribution in [3.05, 3.63) is 93.4 Å². The van der Waals surface area contributed by atoms with Crippen LogP contribution in [0.4, 0.5) is 4.39 Å². The molecule has 1 fully saturated rings. The third-order valence-electron chi connectivity index (χ3n) is 5.85. The molecule has 7 nitrogen and oxygen atoms in total. The third-order valence-corrected chi connectivity index (χ3v) is 5.85. The van der Waals surface area contributed by atoms with Crippen LogP contribution in [0.25, 0.3) is 0 Å². The van der Waals surface area contributed by atoms with Gasteiger partial charge < -0.3 is 15.3 Å². The maximum atomic E-state index is 13.1. The standard InChI is InChI=1S/C25H27FN4O3/c26-20-10-8-19(9-11-20)17-27-24(32)22-23(31)25(33)30(15-14-29-12-4-5-13-29)21(28-22)16-18-6-2-1-3-7-18/h1-3,6-11,31H,4-5,12-17H2,(H,27,32). The lowest BCUT2D eigenvalue weighted by atomic mass is 10.1. The highest BCUT2D eigenvalue weighted by atomic mass is 19.1. The van der Waals surface area contributed by atoms with Crippen LogP contribution < -0.4 is 10.9 Å². The number of nitrogens with one attached hydrogen (secondary N) is 1. The molecular formula is C25H27FN4O3. The number of likely N-dealkylation sites (tertiary alicyclic amines) is 1. The number of hydrogen-bond donors (Lipinski definition) is 2. The van der Waals surface area contributed by atoms with Crippen molar-refractivity contribution >= 4 is 5.91 Å². The minimum absolute atomic E-state index is 0.117. The Morgan fingerprint density at radius 2 is 1.70 bits per heavy atom. The molecule has 1 aromatic heterocycles. The van der Waals surface area contributed by atoms with E-state index in [-0.39, 0.29) is 18.1 Å². The van der Waals surface area contributed by atoms with Gasteiger partial charge in [-0.05, 0) is 49.2 Å². The van der Waals surface area contributed by atoms with Gasteiger partial charge in [0.05, 0.1) is 0 Å². The fourth-order valence-electron chi connectivity index (χ4n) is 4.01. The first-order valence-electron chi connectivity index (χ1n) is 11.1. The van der Waals surface area contributed by atoms with Gasteiger partial charge >= 0.3 is 0 Å². The van der Waals surface area contributed by atoms with E-state index in [9.17, 15) is 19.1 Å². The molecule has 0 saturated carbocycles. The summed E-state index contributed by atoms with van der Waals surface area (Å²) >= 11 is 0. The van der Waals surface area contributed by atoms with E-state index in [1.165, 1.54) is 16.7 Å². The summed E-state index contributed by atoms with van der Waals surface area (Å²) in [6.45, 7) is 3.17. The summed E-state index contributed by atoms with van der Waals surface area (Å²) in [7, 11) is 0. The Morgan fingerprint density at radius 1 is 1.00 bits per heavy atom. The third kappa shape index (κ3) is 5.64. The summed E-state index contributed by atoms with van der Waals surface area (Å²) in [5.74, 6) is -1.26. The van der Waals surface area contributed by atoms with Crippen molar-refractivity contribution in [2.45, 2.75) is 32.4 Å². The van der Waals surface area contributed by atoms with Crippen molar-refractivity contribution in [3.8, 4) is 5.75 Å². The molecule has 1 amide bonds. The van der Waals surface area contributed by atoms with Gasteiger partial charge in [-0.3, -0.25) is 14.2 Å². The Hall–Kier alpha value is -3.52. The number of halogens is 1. The van der Waals surface area contributed by atoms with Crippen LogP contribution in [-0.4, -0.2) is 45.1 Å². The summed E-state index contributed by atoms with van der Waals surface area (Å²) in [4.78, 5) is 32.5.